The zero-order valence-electron chi connectivity index (χ0n) is 11.8. The molecule has 0 aromatic carbocycles. The van der Waals surface area contributed by atoms with E-state index in [1.54, 1.807) is 12.4 Å². The number of hydrogen-bond acceptors (Lipinski definition) is 4. The van der Waals surface area contributed by atoms with Crippen LogP contribution in [0.5, 0.6) is 0 Å². The van der Waals surface area contributed by atoms with E-state index in [1.165, 1.54) is 17.9 Å². The third-order valence-corrected chi connectivity index (χ3v) is 4.17. The van der Waals surface area contributed by atoms with Gasteiger partial charge in [0.1, 0.15) is 5.82 Å². The van der Waals surface area contributed by atoms with Gasteiger partial charge in [-0.1, -0.05) is 0 Å². The summed E-state index contributed by atoms with van der Waals surface area (Å²) in [6.45, 7) is 2.92. The molecule has 21 heavy (non-hydrogen) atoms. The molecule has 0 aliphatic carbocycles. The summed E-state index contributed by atoms with van der Waals surface area (Å²) in [5.74, 6) is 1.90. The standard InChI is InChI=1S/C15H18N6/c1-2-14-18-4-5-20(14)11-12(1)7-17-8-13-9-19-15-10-16-3-6-21(13)15/h3-6,9-10,12,17H,1-2,7-8,11H2/t12-/m0/s1. The molecule has 0 amide bonds. The number of nitrogens with zero attached hydrogens (tertiary/aromatic N) is 5. The van der Waals surface area contributed by atoms with E-state index in [2.05, 4.69) is 35.4 Å². The summed E-state index contributed by atoms with van der Waals surface area (Å²) in [5, 5.41) is 3.56. The molecule has 1 aliphatic heterocycles. The number of hydrogen-bond donors (Lipinski definition) is 1. The molecule has 0 saturated carbocycles. The predicted octanol–water partition coefficient (Wildman–Crippen LogP) is 1.28. The minimum atomic E-state index is 0.674. The van der Waals surface area contributed by atoms with Crippen LogP contribution in [0.15, 0.2) is 37.2 Å². The Bertz CT molecular complexity index is 743. The molecule has 0 saturated heterocycles. The lowest BCUT2D eigenvalue weighted by molar-refractivity contribution is 0.347. The van der Waals surface area contributed by atoms with Gasteiger partial charge in [0, 0.05) is 50.8 Å². The normalized spacial score (nSPS) is 18.0. The van der Waals surface area contributed by atoms with Crippen LogP contribution in [0.25, 0.3) is 5.65 Å². The van der Waals surface area contributed by atoms with Crippen molar-refractivity contribution < 1.29 is 0 Å². The third-order valence-electron chi connectivity index (χ3n) is 4.17. The Morgan fingerprint density at radius 3 is 3.19 bits per heavy atom. The Kier molecular flexibility index (Phi) is 3.16. The highest BCUT2D eigenvalue weighted by molar-refractivity contribution is 5.36. The van der Waals surface area contributed by atoms with Crippen molar-refractivity contribution in [3.8, 4) is 0 Å². The number of rotatable bonds is 4. The molecule has 0 unspecified atom stereocenters. The molecule has 3 aromatic heterocycles. The maximum atomic E-state index is 4.37. The summed E-state index contributed by atoms with van der Waals surface area (Å²) in [4.78, 5) is 12.8. The minimum absolute atomic E-state index is 0.674. The summed E-state index contributed by atoms with van der Waals surface area (Å²) in [5.41, 5.74) is 2.07. The van der Waals surface area contributed by atoms with Crippen LogP contribution in [-0.4, -0.2) is 30.5 Å². The molecule has 3 aromatic rings. The number of aryl methyl sites for hydroxylation is 1. The van der Waals surface area contributed by atoms with E-state index in [0.717, 1.165) is 31.7 Å². The van der Waals surface area contributed by atoms with E-state index in [-0.39, 0.29) is 0 Å². The first kappa shape index (κ1) is 12.5. The van der Waals surface area contributed by atoms with Crippen LogP contribution in [-0.2, 0) is 19.5 Å². The Morgan fingerprint density at radius 1 is 1.19 bits per heavy atom. The zero-order chi connectivity index (χ0) is 14.1. The second-order valence-electron chi connectivity index (χ2n) is 5.59. The number of aromatic nitrogens is 5. The fourth-order valence-corrected chi connectivity index (χ4v) is 3.03. The van der Waals surface area contributed by atoms with Gasteiger partial charge in [-0.25, -0.2) is 9.97 Å². The molecule has 6 heteroatoms. The topological polar surface area (TPSA) is 60.0 Å². The molecule has 1 N–H and O–H groups in total. The van der Waals surface area contributed by atoms with Crippen molar-refractivity contribution in [1.29, 1.82) is 0 Å². The first-order valence-electron chi connectivity index (χ1n) is 7.37. The number of imidazole rings is 2. The molecule has 6 nitrogen and oxygen atoms in total. The smallest absolute Gasteiger partial charge is 0.155 e. The lowest BCUT2D eigenvalue weighted by Crippen LogP contribution is -2.30. The molecule has 0 radical (unpaired) electrons. The Balaban J connectivity index is 1.36. The second-order valence-corrected chi connectivity index (χ2v) is 5.59. The lowest BCUT2D eigenvalue weighted by Gasteiger charge is -2.24. The van der Waals surface area contributed by atoms with Gasteiger partial charge >= 0.3 is 0 Å². The van der Waals surface area contributed by atoms with Crippen molar-refractivity contribution in [1.82, 2.24) is 29.2 Å². The molecule has 1 atom stereocenters. The van der Waals surface area contributed by atoms with Gasteiger partial charge in [0.2, 0.25) is 0 Å². The van der Waals surface area contributed by atoms with Crippen LogP contribution in [0.3, 0.4) is 0 Å². The van der Waals surface area contributed by atoms with E-state index >= 15 is 0 Å². The van der Waals surface area contributed by atoms with Gasteiger partial charge in [-0.3, -0.25) is 9.38 Å². The minimum Gasteiger partial charge on any atom is -0.335 e. The monoisotopic (exact) mass is 282 g/mol. The third kappa shape index (κ3) is 2.42. The number of nitrogens with one attached hydrogen (secondary N) is 1. The van der Waals surface area contributed by atoms with E-state index < -0.39 is 0 Å². The first-order valence-corrected chi connectivity index (χ1v) is 7.37. The van der Waals surface area contributed by atoms with Gasteiger partial charge < -0.3 is 9.88 Å². The highest BCUT2D eigenvalue weighted by Crippen LogP contribution is 2.18. The Morgan fingerprint density at radius 2 is 2.19 bits per heavy atom. The molecule has 108 valence electrons. The molecular weight excluding hydrogens is 264 g/mol. The van der Waals surface area contributed by atoms with Crippen molar-refractivity contribution in [2.45, 2.75) is 25.9 Å². The molecule has 4 heterocycles. The summed E-state index contributed by atoms with van der Waals surface area (Å²) >= 11 is 0. The lowest BCUT2D eigenvalue weighted by atomic mass is 9.99. The van der Waals surface area contributed by atoms with Crippen LogP contribution in [0, 0.1) is 5.92 Å². The zero-order valence-corrected chi connectivity index (χ0v) is 11.8. The predicted molar refractivity (Wildman–Crippen MR) is 78.7 cm³/mol. The van der Waals surface area contributed by atoms with E-state index in [9.17, 15) is 0 Å². The van der Waals surface area contributed by atoms with E-state index in [0.29, 0.717) is 5.92 Å². The highest BCUT2D eigenvalue weighted by atomic mass is 15.1. The Hall–Kier alpha value is -2.21. The van der Waals surface area contributed by atoms with Crippen molar-refractivity contribution in [2.75, 3.05) is 6.54 Å². The maximum absolute atomic E-state index is 4.37. The van der Waals surface area contributed by atoms with Crippen LogP contribution in [0.2, 0.25) is 0 Å². The van der Waals surface area contributed by atoms with Gasteiger partial charge in [0.25, 0.3) is 0 Å². The Labute approximate surface area is 122 Å². The van der Waals surface area contributed by atoms with Gasteiger partial charge in [-0.2, -0.15) is 0 Å². The van der Waals surface area contributed by atoms with Crippen LogP contribution >= 0.6 is 0 Å². The molecule has 1 aliphatic rings. The molecule has 0 spiro atoms. The van der Waals surface area contributed by atoms with Crippen LogP contribution in [0.4, 0.5) is 0 Å². The molecule has 0 fully saturated rings. The van der Waals surface area contributed by atoms with Gasteiger partial charge in [0.05, 0.1) is 18.1 Å². The summed E-state index contributed by atoms with van der Waals surface area (Å²) in [7, 11) is 0. The fourth-order valence-electron chi connectivity index (χ4n) is 3.03. The van der Waals surface area contributed by atoms with Crippen molar-refractivity contribution in [3.63, 3.8) is 0 Å². The van der Waals surface area contributed by atoms with Gasteiger partial charge in [-0.15, -0.1) is 0 Å². The van der Waals surface area contributed by atoms with Crippen LogP contribution < -0.4 is 5.32 Å². The average molecular weight is 282 g/mol. The van der Waals surface area contributed by atoms with Crippen molar-refractivity contribution in [3.05, 3.63) is 48.7 Å². The van der Waals surface area contributed by atoms with Gasteiger partial charge in [0.15, 0.2) is 5.65 Å². The second kappa shape index (κ2) is 5.29. The first-order chi connectivity index (χ1) is 10.4. The molecular formula is C15H18N6. The highest BCUT2D eigenvalue weighted by Gasteiger charge is 2.18. The molecule has 4 rings (SSSR count). The summed E-state index contributed by atoms with van der Waals surface area (Å²) in [6.07, 6.45) is 13.7. The maximum Gasteiger partial charge on any atom is 0.155 e. The van der Waals surface area contributed by atoms with Gasteiger partial charge in [-0.05, 0) is 12.3 Å². The SMILES string of the molecule is c1cn2c(CNC[C@@H]3CCc4nccn4C3)cnc2cn1. The largest absolute Gasteiger partial charge is 0.335 e. The number of fused-ring (bicyclic) bond motifs is 2. The van der Waals surface area contributed by atoms with Crippen molar-refractivity contribution in [2.24, 2.45) is 5.92 Å². The molecule has 0 bridgehead atoms. The van der Waals surface area contributed by atoms with E-state index in [4.69, 9.17) is 0 Å². The summed E-state index contributed by atoms with van der Waals surface area (Å²) in [6, 6.07) is 0. The fraction of sp³-hybridized carbons (Fsp3) is 0.400. The van der Waals surface area contributed by atoms with E-state index in [1.807, 2.05) is 18.6 Å². The average Bonchev–Trinajstić information content (AvgIpc) is 3.14. The summed E-state index contributed by atoms with van der Waals surface area (Å²) < 4.78 is 4.35. The quantitative estimate of drug-likeness (QED) is 0.783. The van der Waals surface area contributed by atoms with Crippen LogP contribution in [0.1, 0.15) is 17.9 Å². The van der Waals surface area contributed by atoms with Crippen molar-refractivity contribution >= 4 is 5.65 Å².